The van der Waals surface area contributed by atoms with Crippen LogP contribution in [0.4, 0.5) is 5.69 Å². The van der Waals surface area contributed by atoms with Crippen molar-refractivity contribution in [3.05, 3.63) is 24.3 Å². The van der Waals surface area contributed by atoms with Crippen molar-refractivity contribution in [3.8, 4) is 0 Å². The van der Waals surface area contributed by atoms with Gasteiger partial charge in [0.05, 0.1) is 35.9 Å². The van der Waals surface area contributed by atoms with E-state index in [1.165, 1.54) is 16.4 Å². The summed E-state index contributed by atoms with van der Waals surface area (Å²) < 4.78 is 38.6. The monoisotopic (exact) mass is 425 g/mol. The lowest BCUT2D eigenvalue weighted by atomic mass is 10.2. The molecule has 2 heterocycles. The van der Waals surface area contributed by atoms with Crippen LogP contribution in [0.1, 0.15) is 27.7 Å². The molecule has 1 amide bonds. The molecule has 2 saturated heterocycles. The first-order valence-corrected chi connectivity index (χ1v) is 11.5. The molecule has 29 heavy (non-hydrogen) atoms. The largest absolute Gasteiger partial charge is 0.373 e. The second-order valence-corrected chi connectivity index (χ2v) is 10.0. The molecule has 1 aromatic carbocycles. The van der Waals surface area contributed by atoms with Crippen molar-refractivity contribution in [2.24, 2.45) is 0 Å². The molecule has 0 aromatic heterocycles. The number of anilines is 1. The van der Waals surface area contributed by atoms with E-state index in [9.17, 15) is 13.2 Å². The number of hydrogen-bond acceptors (Lipinski definition) is 6. The summed E-state index contributed by atoms with van der Waals surface area (Å²) in [6, 6.07) is 6.33. The zero-order valence-electron chi connectivity index (χ0n) is 17.5. The van der Waals surface area contributed by atoms with Gasteiger partial charge in [-0.05, 0) is 52.0 Å². The summed E-state index contributed by atoms with van der Waals surface area (Å²) in [4.78, 5) is 14.6. The van der Waals surface area contributed by atoms with Crippen molar-refractivity contribution in [2.75, 3.05) is 38.0 Å². The van der Waals surface area contributed by atoms with Crippen molar-refractivity contribution >= 4 is 21.6 Å². The van der Waals surface area contributed by atoms with E-state index < -0.39 is 10.0 Å². The summed E-state index contributed by atoms with van der Waals surface area (Å²) in [5, 5.41) is 2.84. The van der Waals surface area contributed by atoms with Gasteiger partial charge in [-0.15, -0.1) is 0 Å². The van der Waals surface area contributed by atoms with E-state index in [1.807, 2.05) is 27.7 Å². The molecule has 0 saturated carbocycles. The zero-order chi connectivity index (χ0) is 21.2. The number of nitrogens with zero attached hydrogens (tertiary/aromatic N) is 2. The van der Waals surface area contributed by atoms with Crippen molar-refractivity contribution in [3.63, 3.8) is 0 Å². The molecule has 0 spiro atoms. The van der Waals surface area contributed by atoms with E-state index >= 15 is 0 Å². The number of carbonyl (C=O) groups excluding carboxylic acids is 1. The van der Waals surface area contributed by atoms with Crippen LogP contribution < -0.4 is 5.32 Å². The Bertz CT molecular complexity index is 794. The Kier molecular flexibility index (Phi) is 6.95. The maximum absolute atomic E-state index is 12.9. The predicted octanol–water partition coefficient (Wildman–Crippen LogP) is 1.53. The number of sulfonamides is 1. The lowest BCUT2D eigenvalue weighted by Crippen LogP contribution is -2.48. The molecule has 4 unspecified atom stereocenters. The van der Waals surface area contributed by atoms with Crippen LogP contribution in [-0.2, 0) is 24.3 Å². The molecule has 2 fully saturated rings. The van der Waals surface area contributed by atoms with E-state index in [0.29, 0.717) is 31.9 Å². The Labute approximate surface area is 173 Å². The molecular formula is C20H31N3O5S. The smallest absolute Gasteiger partial charge is 0.243 e. The zero-order valence-corrected chi connectivity index (χ0v) is 18.3. The Hall–Kier alpha value is -1.52. The molecule has 2 aliphatic heterocycles. The standard InChI is InChI=1S/C20H31N3O5S/c1-14-9-22(10-15(2)27-14)13-20(24)21-18-5-7-19(8-6-18)29(25,26)23-11-16(3)28-17(4)12-23/h5-8,14-17H,9-13H2,1-4H3,(H,21,24). The van der Waals surface area contributed by atoms with Gasteiger partial charge >= 0.3 is 0 Å². The molecule has 9 heteroatoms. The number of carbonyl (C=O) groups is 1. The summed E-state index contributed by atoms with van der Waals surface area (Å²) in [6.45, 7) is 10.1. The number of nitrogens with one attached hydrogen (secondary N) is 1. The van der Waals surface area contributed by atoms with Gasteiger partial charge in [-0.25, -0.2) is 8.42 Å². The Morgan fingerprint density at radius 1 is 0.931 bits per heavy atom. The summed E-state index contributed by atoms with van der Waals surface area (Å²) in [7, 11) is -3.59. The SMILES string of the molecule is CC1CN(CC(=O)Nc2ccc(S(=O)(=O)N3CC(C)OC(C)C3)cc2)CC(C)O1. The molecule has 1 N–H and O–H groups in total. The van der Waals surface area contributed by atoms with Crippen LogP contribution in [0.3, 0.4) is 0 Å². The van der Waals surface area contributed by atoms with Crippen molar-refractivity contribution < 1.29 is 22.7 Å². The molecule has 3 rings (SSSR count). The minimum Gasteiger partial charge on any atom is -0.373 e. The number of amides is 1. The second kappa shape index (κ2) is 9.09. The fraction of sp³-hybridized carbons (Fsp3) is 0.650. The lowest BCUT2D eigenvalue weighted by Gasteiger charge is -2.34. The molecule has 0 radical (unpaired) electrons. The van der Waals surface area contributed by atoms with Gasteiger partial charge in [0.25, 0.3) is 0 Å². The van der Waals surface area contributed by atoms with Gasteiger partial charge in [0, 0.05) is 31.9 Å². The highest BCUT2D eigenvalue weighted by molar-refractivity contribution is 7.89. The molecule has 1 aromatic rings. The van der Waals surface area contributed by atoms with Gasteiger partial charge in [-0.1, -0.05) is 0 Å². The summed E-state index contributed by atoms with van der Waals surface area (Å²) in [6.07, 6.45) is -0.0845. The highest BCUT2D eigenvalue weighted by Gasteiger charge is 2.32. The molecule has 0 aliphatic carbocycles. The number of morpholine rings is 2. The Morgan fingerprint density at radius 3 is 1.93 bits per heavy atom. The minimum absolute atomic E-state index is 0.0988. The first-order valence-electron chi connectivity index (χ1n) is 10.1. The number of rotatable bonds is 5. The maximum Gasteiger partial charge on any atom is 0.243 e. The molecule has 2 aliphatic rings. The van der Waals surface area contributed by atoms with Crippen LogP contribution >= 0.6 is 0 Å². The number of hydrogen-bond donors (Lipinski definition) is 1. The van der Waals surface area contributed by atoms with Crippen molar-refractivity contribution in [2.45, 2.75) is 57.0 Å². The molecule has 0 bridgehead atoms. The van der Waals surface area contributed by atoms with Gasteiger partial charge in [-0.3, -0.25) is 9.69 Å². The number of benzene rings is 1. The summed E-state index contributed by atoms with van der Waals surface area (Å²) >= 11 is 0. The quantitative estimate of drug-likeness (QED) is 0.770. The van der Waals surface area contributed by atoms with Crippen LogP contribution in [0.5, 0.6) is 0 Å². The van der Waals surface area contributed by atoms with E-state index in [-0.39, 0.29) is 41.8 Å². The van der Waals surface area contributed by atoms with Crippen LogP contribution in [0.25, 0.3) is 0 Å². The van der Waals surface area contributed by atoms with Gasteiger partial charge in [0.2, 0.25) is 15.9 Å². The van der Waals surface area contributed by atoms with E-state index in [4.69, 9.17) is 9.47 Å². The van der Waals surface area contributed by atoms with Gasteiger partial charge in [0.1, 0.15) is 0 Å². The topological polar surface area (TPSA) is 88.2 Å². The third-order valence-corrected chi connectivity index (χ3v) is 6.87. The molecule has 162 valence electrons. The number of ether oxygens (including phenoxy) is 2. The first kappa shape index (κ1) is 22.2. The second-order valence-electron chi connectivity index (χ2n) is 8.10. The van der Waals surface area contributed by atoms with E-state index in [1.54, 1.807) is 12.1 Å². The molecule has 4 atom stereocenters. The van der Waals surface area contributed by atoms with Gasteiger partial charge in [0.15, 0.2) is 0 Å². The van der Waals surface area contributed by atoms with Crippen LogP contribution in [0.2, 0.25) is 0 Å². The van der Waals surface area contributed by atoms with Gasteiger partial charge < -0.3 is 14.8 Å². The van der Waals surface area contributed by atoms with Gasteiger partial charge in [-0.2, -0.15) is 4.31 Å². The third-order valence-electron chi connectivity index (χ3n) is 5.02. The highest BCUT2D eigenvalue weighted by Crippen LogP contribution is 2.22. The fourth-order valence-electron chi connectivity index (χ4n) is 4.00. The maximum atomic E-state index is 12.9. The fourth-order valence-corrected chi connectivity index (χ4v) is 5.59. The molecule has 8 nitrogen and oxygen atoms in total. The average molecular weight is 426 g/mol. The Balaban J connectivity index is 1.60. The lowest BCUT2D eigenvalue weighted by molar-refractivity contribution is -0.121. The van der Waals surface area contributed by atoms with Crippen LogP contribution in [0.15, 0.2) is 29.2 Å². The predicted molar refractivity (Wildman–Crippen MR) is 110 cm³/mol. The summed E-state index contributed by atoms with van der Waals surface area (Å²) in [5.74, 6) is -0.127. The normalized spacial score (nSPS) is 29.5. The average Bonchev–Trinajstić information content (AvgIpc) is 2.60. The van der Waals surface area contributed by atoms with Crippen LogP contribution in [-0.4, -0.2) is 80.7 Å². The van der Waals surface area contributed by atoms with Crippen LogP contribution in [0, 0.1) is 0 Å². The summed E-state index contributed by atoms with van der Waals surface area (Å²) in [5.41, 5.74) is 0.576. The Morgan fingerprint density at radius 2 is 1.41 bits per heavy atom. The van der Waals surface area contributed by atoms with Crippen molar-refractivity contribution in [1.29, 1.82) is 0 Å². The minimum atomic E-state index is -3.59. The first-order chi connectivity index (χ1) is 13.6. The highest BCUT2D eigenvalue weighted by atomic mass is 32.2. The third kappa shape index (κ3) is 5.76. The van der Waals surface area contributed by atoms with E-state index in [0.717, 1.165) is 0 Å². The van der Waals surface area contributed by atoms with E-state index in [2.05, 4.69) is 10.2 Å². The van der Waals surface area contributed by atoms with Crippen molar-refractivity contribution in [1.82, 2.24) is 9.21 Å². The molecular weight excluding hydrogens is 394 g/mol.